The van der Waals surface area contributed by atoms with Crippen LogP contribution in [0.25, 0.3) is 0 Å². The van der Waals surface area contributed by atoms with Crippen molar-refractivity contribution in [3.8, 4) is 0 Å². The number of anilines is 1. The van der Waals surface area contributed by atoms with Crippen LogP contribution < -0.4 is 4.90 Å². The van der Waals surface area contributed by atoms with E-state index in [-0.39, 0.29) is 5.54 Å². The number of halogens is 2. The van der Waals surface area contributed by atoms with Crippen molar-refractivity contribution in [1.29, 1.82) is 0 Å². The zero-order valence-corrected chi connectivity index (χ0v) is 12.7. The maximum Gasteiger partial charge on any atom is 0.129 e. The second kappa shape index (κ2) is 4.83. The first-order valence-electron chi connectivity index (χ1n) is 4.80. The molecule has 0 aliphatic heterocycles. The maximum atomic E-state index is 4.41. The van der Waals surface area contributed by atoms with E-state index in [9.17, 15) is 0 Å². The van der Waals surface area contributed by atoms with Crippen molar-refractivity contribution in [2.45, 2.75) is 26.3 Å². The molecular weight excluding hydrogens is 320 g/mol. The molecule has 0 spiro atoms. The lowest BCUT2D eigenvalue weighted by molar-refractivity contribution is 0.547. The lowest BCUT2D eigenvalue weighted by Crippen LogP contribution is -2.43. The third-order valence-electron chi connectivity index (χ3n) is 2.61. The fourth-order valence-corrected chi connectivity index (χ4v) is 1.70. The SMILES string of the molecule is Cc1cc(N(C)C(C)(C)CBr)ncc1Br. The minimum atomic E-state index is 0.0628. The van der Waals surface area contributed by atoms with Gasteiger partial charge in [-0.15, -0.1) is 0 Å². The van der Waals surface area contributed by atoms with Gasteiger partial charge in [-0.3, -0.25) is 0 Å². The summed E-state index contributed by atoms with van der Waals surface area (Å²) in [5.74, 6) is 1.00. The summed E-state index contributed by atoms with van der Waals surface area (Å²) in [5, 5.41) is 0.910. The van der Waals surface area contributed by atoms with Crippen LogP contribution in [-0.2, 0) is 0 Å². The van der Waals surface area contributed by atoms with E-state index in [1.165, 1.54) is 5.56 Å². The molecule has 0 saturated heterocycles. The molecule has 1 heterocycles. The molecule has 0 N–H and O–H groups in total. The summed E-state index contributed by atoms with van der Waals surface area (Å²) in [7, 11) is 2.07. The molecule has 0 amide bonds. The number of hydrogen-bond acceptors (Lipinski definition) is 2. The average Bonchev–Trinajstić information content (AvgIpc) is 2.21. The van der Waals surface area contributed by atoms with Gasteiger partial charge in [0.25, 0.3) is 0 Å². The minimum Gasteiger partial charge on any atom is -0.354 e. The molecule has 0 saturated carbocycles. The molecule has 0 bridgehead atoms. The van der Waals surface area contributed by atoms with Crippen molar-refractivity contribution in [2.24, 2.45) is 0 Å². The summed E-state index contributed by atoms with van der Waals surface area (Å²) < 4.78 is 1.05. The van der Waals surface area contributed by atoms with Crippen LogP contribution in [0.15, 0.2) is 16.7 Å². The van der Waals surface area contributed by atoms with E-state index in [0.29, 0.717) is 0 Å². The van der Waals surface area contributed by atoms with Crippen molar-refractivity contribution in [2.75, 3.05) is 17.3 Å². The van der Waals surface area contributed by atoms with Crippen molar-refractivity contribution >= 4 is 37.7 Å². The van der Waals surface area contributed by atoms with Gasteiger partial charge in [0.05, 0.1) is 0 Å². The Morgan fingerprint density at radius 1 is 1.47 bits per heavy atom. The number of alkyl halides is 1. The third-order valence-corrected chi connectivity index (χ3v) is 4.81. The Labute approximate surface area is 108 Å². The molecule has 4 heteroatoms. The predicted molar refractivity (Wildman–Crippen MR) is 73.0 cm³/mol. The Morgan fingerprint density at radius 2 is 2.07 bits per heavy atom. The number of hydrogen-bond donors (Lipinski definition) is 0. The van der Waals surface area contributed by atoms with Crippen LogP contribution in [0.1, 0.15) is 19.4 Å². The van der Waals surface area contributed by atoms with Crippen LogP contribution in [-0.4, -0.2) is 22.9 Å². The number of pyridine rings is 1. The molecule has 84 valence electrons. The van der Waals surface area contributed by atoms with E-state index in [1.807, 2.05) is 6.20 Å². The molecule has 1 rings (SSSR count). The summed E-state index contributed by atoms with van der Waals surface area (Å²) in [6.45, 7) is 6.44. The Balaban J connectivity index is 3.02. The lowest BCUT2D eigenvalue weighted by Gasteiger charge is -2.35. The Hall–Kier alpha value is -0.0900. The smallest absolute Gasteiger partial charge is 0.129 e. The highest BCUT2D eigenvalue weighted by molar-refractivity contribution is 9.10. The normalized spacial score (nSPS) is 11.6. The van der Waals surface area contributed by atoms with E-state index < -0.39 is 0 Å². The highest BCUT2D eigenvalue weighted by Gasteiger charge is 2.23. The second-order valence-electron chi connectivity index (χ2n) is 4.30. The van der Waals surface area contributed by atoms with Gasteiger partial charge in [-0.2, -0.15) is 0 Å². The van der Waals surface area contributed by atoms with E-state index in [0.717, 1.165) is 15.6 Å². The standard InChI is InChI=1S/C11H16Br2N2/c1-8-5-10(14-6-9(8)13)15(4)11(2,3)7-12/h5-6H,7H2,1-4H3. The van der Waals surface area contributed by atoms with Gasteiger partial charge in [-0.05, 0) is 48.3 Å². The molecule has 0 aliphatic rings. The Morgan fingerprint density at radius 3 is 2.53 bits per heavy atom. The zero-order valence-electron chi connectivity index (χ0n) is 9.51. The first-order valence-corrected chi connectivity index (χ1v) is 6.72. The number of aryl methyl sites for hydroxylation is 1. The summed E-state index contributed by atoms with van der Waals surface area (Å²) in [6.07, 6.45) is 1.85. The van der Waals surface area contributed by atoms with E-state index >= 15 is 0 Å². The fraction of sp³-hybridized carbons (Fsp3) is 0.545. The van der Waals surface area contributed by atoms with Crippen LogP contribution in [0.4, 0.5) is 5.82 Å². The van der Waals surface area contributed by atoms with Gasteiger partial charge in [0.2, 0.25) is 0 Å². The fourth-order valence-electron chi connectivity index (χ4n) is 1.11. The number of aromatic nitrogens is 1. The molecular formula is C11H16Br2N2. The Kier molecular flexibility index (Phi) is 4.18. The molecule has 0 fully saturated rings. The highest BCUT2D eigenvalue weighted by Crippen LogP contribution is 2.25. The molecule has 0 radical (unpaired) electrons. The largest absolute Gasteiger partial charge is 0.354 e. The van der Waals surface area contributed by atoms with E-state index in [2.05, 4.69) is 75.6 Å². The van der Waals surface area contributed by atoms with Gasteiger partial charge in [0.15, 0.2) is 0 Å². The van der Waals surface area contributed by atoms with Crippen molar-refractivity contribution < 1.29 is 0 Å². The van der Waals surface area contributed by atoms with Gasteiger partial charge in [-0.1, -0.05) is 15.9 Å². The van der Waals surface area contributed by atoms with Crippen LogP contribution in [0.2, 0.25) is 0 Å². The van der Waals surface area contributed by atoms with Crippen LogP contribution >= 0.6 is 31.9 Å². The summed E-state index contributed by atoms with van der Waals surface area (Å²) in [5.41, 5.74) is 1.27. The van der Waals surface area contributed by atoms with E-state index in [4.69, 9.17) is 0 Å². The lowest BCUT2D eigenvalue weighted by atomic mass is 10.1. The summed E-state index contributed by atoms with van der Waals surface area (Å²) in [4.78, 5) is 6.59. The first kappa shape index (κ1) is 13.0. The van der Waals surface area contributed by atoms with Gasteiger partial charge in [0.1, 0.15) is 5.82 Å². The monoisotopic (exact) mass is 334 g/mol. The molecule has 0 unspecified atom stereocenters. The zero-order chi connectivity index (χ0) is 11.6. The average molecular weight is 336 g/mol. The van der Waals surface area contributed by atoms with Crippen molar-refractivity contribution in [3.63, 3.8) is 0 Å². The molecule has 0 atom stereocenters. The van der Waals surface area contributed by atoms with Gasteiger partial charge in [0, 0.05) is 28.6 Å². The molecule has 2 nitrogen and oxygen atoms in total. The maximum absolute atomic E-state index is 4.41. The van der Waals surface area contributed by atoms with Crippen LogP contribution in [0, 0.1) is 6.92 Å². The molecule has 1 aromatic rings. The quantitative estimate of drug-likeness (QED) is 0.782. The topological polar surface area (TPSA) is 16.1 Å². The van der Waals surface area contributed by atoms with Crippen molar-refractivity contribution in [1.82, 2.24) is 4.98 Å². The highest BCUT2D eigenvalue weighted by atomic mass is 79.9. The molecule has 1 aromatic heterocycles. The second-order valence-corrected chi connectivity index (χ2v) is 5.71. The first-order chi connectivity index (χ1) is 6.88. The van der Waals surface area contributed by atoms with Gasteiger partial charge < -0.3 is 4.90 Å². The molecule has 15 heavy (non-hydrogen) atoms. The van der Waals surface area contributed by atoms with Gasteiger partial charge >= 0.3 is 0 Å². The summed E-state index contributed by atoms with van der Waals surface area (Å²) >= 11 is 6.98. The molecule has 0 aromatic carbocycles. The minimum absolute atomic E-state index is 0.0628. The number of nitrogens with zero attached hydrogens (tertiary/aromatic N) is 2. The molecule has 0 aliphatic carbocycles. The van der Waals surface area contributed by atoms with Gasteiger partial charge in [-0.25, -0.2) is 4.98 Å². The third kappa shape index (κ3) is 2.94. The summed E-state index contributed by atoms with van der Waals surface area (Å²) in [6, 6.07) is 2.09. The Bertz CT molecular complexity index is 350. The van der Waals surface area contributed by atoms with E-state index in [1.54, 1.807) is 0 Å². The van der Waals surface area contributed by atoms with Crippen LogP contribution in [0.5, 0.6) is 0 Å². The van der Waals surface area contributed by atoms with Crippen LogP contribution in [0.3, 0.4) is 0 Å². The van der Waals surface area contributed by atoms with Crippen molar-refractivity contribution in [3.05, 3.63) is 22.3 Å². The number of rotatable bonds is 3. The predicted octanol–water partition coefficient (Wildman–Crippen LogP) is 3.76.